The van der Waals surface area contributed by atoms with Crippen molar-refractivity contribution in [3.8, 4) is 28.6 Å². The maximum absolute atomic E-state index is 13.0. The third-order valence-corrected chi connectivity index (χ3v) is 5.24. The molecular weight excluding hydrogens is 400 g/mol. The molecule has 1 aliphatic rings. The van der Waals surface area contributed by atoms with Crippen molar-refractivity contribution in [3.63, 3.8) is 0 Å². The Morgan fingerprint density at radius 2 is 1.81 bits per heavy atom. The SMILES string of the molecule is COc1ccc(-c2noc([C@H]3CCCN3C(=O)Nc3ccc(OC)cc3OC)n2)cc1. The molecule has 4 rings (SSSR count). The van der Waals surface area contributed by atoms with Crippen LogP contribution in [-0.2, 0) is 0 Å². The molecule has 0 unspecified atom stereocenters. The first-order valence-corrected chi connectivity index (χ1v) is 9.90. The summed E-state index contributed by atoms with van der Waals surface area (Å²) in [7, 11) is 4.73. The van der Waals surface area contributed by atoms with Crippen LogP contribution in [0.2, 0.25) is 0 Å². The Morgan fingerprint density at radius 1 is 1.06 bits per heavy atom. The minimum atomic E-state index is -0.288. The van der Waals surface area contributed by atoms with E-state index in [4.69, 9.17) is 18.7 Å². The molecule has 1 atom stereocenters. The van der Waals surface area contributed by atoms with Crippen LogP contribution in [0.5, 0.6) is 17.2 Å². The molecule has 0 aliphatic carbocycles. The van der Waals surface area contributed by atoms with E-state index >= 15 is 0 Å². The lowest BCUT2D eigenvalue weighted by Crippen LogP contribution is -2.34. The lowest BCUT2D eigenvalue weighted by atomic mass is 10.2. The molecule has 31 heavy (non-hydrogen) atoms. The number of carbonyl (C=O) groups is 1. The average molecular weight is 424 g/mol. The van der Waals surface area contributed by atoms with E-state index in [1.807, 2.05) is 24.3 Å². The van der Waals surface area contributed by atoms with Gasteiger partial charge in [-0.15, -0.1) is 0 Å². The Balaban J connectivity index is 1.50. The monoisotopic (exact) mass is 424 g/mol. The van der Waals surface area contributed by atoms with Crippen LogP contribution < -0.4 is 19.5 Å². The highest BCUT2D eigenvalue weighted by Crippen LogP contribution is 2.34. The molecule has 2 aromatic carbocycles. The minimum absolute atomic E-state index is 0.254. The summed E-state index contributed by atoms with van der Waals surface area (Å²) >= 11 is 0. The first-order chi connectivity index (χ1) is 15.1. The molecule has 9 heteroatoms. The summed E-state index contributed by atoms with van der Waals surface area (Å²) in [5.74, 6) is 2.80. The van der Waals surface area contributed by atoms with Crippen LogP contribution in [-0.4, -0.2) is 48.9 Å². The topological polar surface area (TPSA) is 99.0 Å². The highest BCUT2D eigenvalue weighted by Gasteiger charge is 2.34. The van der Waals surface area contributed by atoms with Crippen molar-refractivity contribution in [3.05, 3.63) is 48.4 Å². The van der Waals surface area contributed by atoms with Gasteiger partial charge in [-0.2, -0.15) is 4.98 Å². The molecule has 0 radical (unpaired) electrons. The number of urea groups is 1. The number of carbonyl (C=O) groups excluding carboxylic acids is 1. The molecule has 0 spiro atoms. The summed E-state index contributed by atoms with van der Waals surface area (Å²) in [6.45, 7) is 0.592. The van der Waals surface area contributed by atoms with Gasteiger partial charge in [-0.1, -0.05) is 5.16 Å². The smallest absolute Gasteiger partial charge is 0.322 e. The summed E-state index contributed by atoms with van der Waals surface area (Å²) in [4.78, 5) is 19.2. The van der Waals surface area contributed by atoms with Crippen molar-refractivity contribution >= 4 is 11.7 Å². The first-order valence-electron chi connectivity index (χ1n) is 9.90. The van der Waals surface area contributed by atoms with E-state index in [-0.39, 0.29) is 12.1 Å². The summed E-state index contributed by atoms with van der Waals surface area (Å²) in [5.41, 5.74) is 1.37. The van der Waals surface area contributed by atoms with E-state index in [1.165, 1.54) is 0 Å². The summed E-state index contributed by atoms with van der Waals surface area (Å²) in [6, 6.07) is 12.1. The number of benzene rings is 2. The van der Waals surface area contributed by atoms with Gasteiger partial charge in [-0.3, -0.25) is 0 Å². The molecule has 0 saturated carbocycles. The molecule has 0 bridgehead atoms. The van der Waals surface area contributed by atoms with Crippen LogP contribution in [0.25, 0.3) is 11.4 Å². The number of methoxy groups -OCH3 is 3. The second kappa shape index (κ2) is 8.95. The Labute approximate surface area is 179 Å². The van der Waals surface area contributed by atoms with Gasteiger partial charge in [0.25, 0.3) is 0 Å². The second-order valence-electron chi connectivity index (χ2n) is 7.03. The number of nitrogens with one attached hydrogen (secondary N) is 1. The summed E-state index contributed by atoms with van der Waals surface area (Å²) in [5, 5.41) is 7.00. The number of amides is 2. The summed E-state index contributed by atoms with van der Waals surface area (Å²) in [6.07, 6.45) is 1.59. The van der Waals surface area contributed by atoms with Crippen LogP contribution >= 0.6 is 0 Å². The molecule has 1 fully saturated rings. The van der Waals surface area contributed by atoms with Crippen LogP contribution in [0.3, 0.4) is 0 Å². The Bertz CT molecular complexity index is 1050. The fraction of sp³-hybridized carbons (Fsp3) is 0.318. The standard InChI is InChI=1S/C22H24N4O5/c1-28-15-8-6-14(7-9-15)20-24-21(31-25-20)18-5-4-12-26(18)22(27)23-17-11-10-16(29-2)13-19(17)30-3/h6-11,13,18H,4-5,12H2,1-3H3,(H,23,27)/t18-/m1/s1. The highest BCUT2D eigenvalue weighted by molar-refractivity contribution is 5.91. The third-order valence-electron chi connectivity index (χ3n) is 5.24. The Hall–Kier alpha value is -3.75. The van der Waals surface area contributed by atoms with Crippen molar-refractivity contribution in [2.75, 3.05) is 33.2 Å². The molecule has 2 heterocycles. The molecular formula is C22H24N4O5. The van der Waals surface area contributed by atoms with Gasteiger partial charge in [-0.25, -0.2) is 4.79 Å². The van der Waals surface area contributed by atoms with Gasteiger partial charge in [-0.05, 0) is 49.2 Å². The molecule has 3 aromatic rings. The summed E-state index contributed by atoms with van der Waals surface area (Å²) < 4.78 is 21.3. The van der Waals surface area contributed by atoms with Gasteiger partial charge >= 0.3 is 6.03 Å². The normalized spacial score (nSPS) is 15.6. The van der Waals surface area contributed by atoms with E-state index in [0.717, 1.165) is 24.2 Å². The lowest BCUT2D eigenvalue weighted by molar-refractivity contribution is 0.193. The van der Waals surface area contributed by atoms with Crippen LogP contribution in [0.15, 0.2) is 47.0 Å². The predicted molar refractivity (Wildman–Crippen MR) is 114 cm³/mol. The Kier molecular flexibility index (Phi) is 5.92. The maximum atomic E-state index is 13.0. The zero-order valence-corrected chi connectivity index (χ0v) is 17.6. The second-order valence-corrected chi connectivity index (χ2v) is 7.03. The van der Waals surface area contributed by atoms with Crippen molar-refractivity contribution < 1.29 is 23.5 Å². The molecule has 1 aliphatic heterocycles. The number of hydrogen-bond donors (Lipinski definition) is 1. The Morgan fingerprint density at radius 3 is 2.52 bits per heavy atom. The van der Waals surface area contributed by atoms with Crippen molar-refractivity contribution in [2.45, 2.75) is 18.9 Å². The van der Waals surface area contributed by atoms with Gasteiger partial charge in [0.1, 0.15) is 23.3 Å². The van der Waals surface area contributed by atoms with Gasteiger partial charge in [0.05, 0.1) is 27.0 Å². The fourth-order valence-corrected chi connectivity index (χ4v) is 3.58. The predicted octanol–water partition coefficient (Wildman–Crippen LogP) is 4.13. The minimum Gasteiger partial charge on any atom is -0.497 e. The molecule has 1 saturated heterocycles. The van der Waals surface area contributed by atoms with Crippen molar-refractivity contribution in [1.29, 1.82) is 0 Å². The van der Waals surface area contributed by atoms with Gasteiger partial charge in [0.2, 0.25) is 11.7 Å². The van der Waals surface area contributed by atoms with Gasteiger partial charge < -0.3 is 29.0 Å². The van der Waals surface area contributed by atoms with Crippen LogP contribution in [0.1, 0.15) is 24.8 Å². The fourth-order valence-electron chi connectivity index (χ4n) is 3.58. The number of ether oxygens (including phenoxy) is 3. The van der Waals surface area contributed by atoms with E-state index in [1.54, 1.807) is 44.4 Å². The number of likely N-dealkylation sites (tertiary alicyclic amines) is 1. The van der Waals surface area contributed by atoms with Crippen molar-refractivity contribution in [2.24, 2.45) is 0 Å². The molecule has 162 valence electrons. The molecule has 1 N–H and O–H groups in total. The van der Waals surface area contributed by atoms with Crippen molar-refractivity contribution in [1.82, 2.24) is 15.0 Å². The van der Waals surface area contributed by atoms with Crippen LogP contribution in [0, 0.1) is 0 Å². The zero-order valence-electron chi connectivity index (χ0n) is 17.6. The number of nitrogens with zero attached hydrogens (tertiary/aromatic N) is 3. The third kappa shape index (κ3) is 4.25. The van der Waals surface area contributed by atoms with E-state index < -0.39 is 0 Å². The first kappa shape index (κ1) is 20.5. The maximum Gasteiger partial charge on any atom is 0.322 e. The number of rotatable bonds is 6. The quantitative estimate of drug-likeness (QED) is 0.635. The molecule has 2 amide bonds. The van der Waals surface area contributed by atoms with Gasteiger partial charge in [0.15, 0.2) is 0 Å². The highest BCUT2D eigenvalue weighted by atomic mass is 16.5. The van der Waals surface area contributed by atoms with Gasteiger partial charge in [0, 0.05) is 18.2 Å². The lowest BCUT2D eigenvalue weighted by Gasteiger charge is -2.23. The molecule has 9 nitrogen and oxygen atoms in total. The number of anilines is 1. The zero-order chi connectivity index (χ0) is 21.8. The van der Waals surface area contributed by atoms with E-state index in [2.05, 4.69) is 15.5 Å². The number of hydrogen-bond acceptors (Lipinski definition) is 7. The molecule has 1 aromatic heterocycles. The average Bonchev–Trinajstić information content (AvgIpc) is 3.49. The van der Waals surface area contributed by atoms with Crippen LogP contribution in [0.4, 0.5) is 10.5 Å². The van der Waals surface area contributed by atoms with E-state index in [9.17, 15) is 4.79 Å². The number of aromatic nitrogens is 2. The van der Waals surface area contributed by atoms with E-state index in [0.29, 0.717) is 35.4 Å². The largest absolute Gasteiger partial charge is 0.497 e.